The minimum atomic E-state index is 0.541. The standard InChI is InChI=1S/C5H7BrClN3/c6-5-4(8)3-9-10(5)2-1-7/h3H,1-2,8H2. The summed E-state index contributed by atoms with van der Waals surface area (Å²) in [6.45, 7) is 0.680. The van der Waals surface area contributed by atoms with Crippen molar-refractivity contribution in [1.82, 2.24) is 9.78 Å². The van der Waals surface area contributed by atoms with Crippen molar-refractivity contribution in [3.8, 4) is 0 Å². The van der Waals surface area contributed by atoms with Crippen LogP contribution in [0.1, 0.15) is 0 Å². The molecule has 0 aliphatic carbocycles. The van der Waals surface area contributed by atoms with E-state index in [0.717, 1.165) is 4.60 Å². The number of aromatic nitrogens is 2. The van der Waals surface area contributed by atoms with Crippen molar-refractivity contribution in [2.24, 2.45) is 0 Å². The predicted molar refractivity (Wildman–Crippen MR) is 45.1 cm³/mol. The molecule has 10 heavy (non-hydrogen) atoms. The van der Waals surface area contributed by atoms with Crippen molar-refractivity contribution in [2.75, 3.05) is 11.6 Å². The number of aryl methyl sites for hydroxylation is 1. The van der Waals surface area contributed by atoms with Gasteiger partial charge in [0, 0.05) is 5.88 Å². The highest BCUT2D eigenvalue weighted by Crippen LogP contribution is 2.17. The van der Waals surface area contributed by atoms with Gasteiger partial charge in [-0.25, -0.2) is 0 Å². The van der Waals surface area contributed by atoms with Crippen LogP contribution in [0.4, 0.5) is 5.69 Å². The minimum Gasteiger partial charge on any atom is -0.395 e. The molecule has 0 unspecified atom stereocenters. The molecule has 0 spiro atoms. The number of nitrogens with two attached hydrogens (primary N) is 1. The van der Waals surface area contributed by atoms with E-state index in [4.69, 9.17) is 17.3 Å². The van der Waals surface area contributed by atoms with E-state index in [1.807, 2.05) is 0 Å². The second-order valence-corrected chi connectivity index (χ2v) is 2.93. The maximum atomic E-state index is 5.50. The highest BCUT2D eigenvalue weighted by molar-refractivity contribution is 9.10. The molecule has 0 atom stereocenters. The summed E-state index contributed by atoms with van der Waals surface area (Å²) in [6.07, 6.45) is 1.59. The Labute approximate surface area is 72.3 Å². The zero-order valence-corrected chi connectivity index (χ0v) is 7.56. The third-order valence-corrected chi connectivity index (χ3v) is 2.13. The van der Waals surface area contributed by atoms with Crippen LogP contribution in [0.15, 0.2) is 10.8 Å². The van der Waals surface area contributed by atoms with Gasteiger partial charge in [-0.05, 0) is 15.9 Å². The van der Waals surface area contributed by atoms with E-state index in [-0.39, 0.29) is 0 Å². The first-order chi connectivity index (χ1) is 4.75. The molecule has 1 heterocycles. The minimum absolute atomic E-state index is 0.541. The van der Waals surface area contributed by atoms with Crippen LogP contribution in [0, 0.1) is 0 Å². The second kappa shape index (κ2) is 3.25. The first kappa shape index (κ1) is 7.88. The molecule has 2 N–H and O–H groups in total. The first-order valence-electron chi connectivity index (χ1n) is 2.78. The summed E-state index contributed by atoms with van der Waals surface area (Å²) in [5.41, 5.74) is 6.14. The van der Waals surface area contributed by atoms with Crippen molar-refractivity contribution in [1.29, 1.82) is 0 Å². The zero-order chi connectivity index (χ0) is 7.56. The topological polar surface area (TPSA) is 43.8 Å². The Kier molecular flexibility index (Phi) is 2.56. The Morgan fingerprint density at radius 2 is 2.50 bits per heavy atom. The first-order valence-corrected chi connectivity index (χ1v) is 4.11. The molecule has 0 radical (unpaired) electrons. The molecule has 5 heteroatoms. The molecule has 0 aliphatic heterocycles. The van der Waals surface area contributed by atoms with E-state index in [1.165, 1.54) is 0 Å². The van der Waals surface area contributed by atoms with Crippen LogP contribution in [0.2, 0.25) is 0 Å². The second-order valence-electron chi connectivity index (χ2n) is 1.80. The third kappa shape index (κ3) is 1.44. The van der Waals surface area contributed by atoms with Gasteiger partial charge in [0.1, 0.15) is 4.60 Å². The lowest BCUT2D eigenvalue weighted by Gasteiger charge is -1.97. The van der Waals surface area contributed by atoms with E-state index in [9.17, 15) is 0 Å². The maximum Gasteiger partial charge on any atom is 0.127 e. The molecule has 0 amide bonds. The largest absolute Gasteiger partial charge is 0.395 e. The summed E-state index contributed by atoms with van der Waals surface area (Å²) >= 11 is 8.76. The van der Waals surface area contributed by atoms with Crippen molar-refractivity contribution in [3.63, 3.8) is 0 Å². The number of hydrogen-bond acceptors (Lipinski definition) is 2. The lowest BCUT2D eigenvalue weighted by molar-refractivity contribution is 0.650. The number of nitrogens with zero attached hydrogens (tertiary/aromatic N) is 2. The zero-order valence-electron chi connectivity index (χ0n) is 5.22. The van der Waals surface area contributed by atoms with Crippen LogP contribution in [0.3, 0.4) is 0 Å². The van der Waals surface area contributed by atoms with Gasteiger partial charge in [0.25, 0.3) is 0 Å². The molecule has 0 saturated carbocycles. The van der Waals surface area contributed by atoms with E-state index >= 15 is 0 Å². The van der Waals surface area contributed by atoms with Crippen molar-refractivity contribution in [3.05, 3.63) is 10.8 Å². The van der Waals surface area contributed by atoms with Crippen molar-refractivity contribution >= 4 is 33.2 Å². The summed E-state index contributed by atoms with van der Waals surface area (Å²) in [5.74, 6) is 0.541. The number of halogens is 2. The summed E-state index contributed by atoms with van der Waals surface area (Å²) < 4.78 is 2.51. The van der Waals surface area contributed by atoms with Crippen LogP contribution < -0.4 is 5.73 Å². The molecule has 56 valence electrons. The summed E-state index contributed by atoms with van der Waals surface area (Å²) in [4.78, 5) is 0. The number of hydrogen-bond donors (Lipinski definition) is 1. The van der Waals surface area contributed by atoms with Gasteiger partial charge in [0.15, 0.2) is 0 Å². The fourth-order valence-corrected chi connectivity index (χ4v) is 1.15. The fraction of sp³-hybridized carbons (Fsp3) is 0.400. The number of alkyl halides is 1. The van der Waals surface area contributed by atoms with Gasteiger partial charge in [-0.15, -0.1) is 11.6 Å². The van der Waals surface area contributed by atoms with E-state index in [0.29, 0.717) is 18.1 Å². The molecular formula is C5H7BrClN3. The average molecular weight is 224 g/mol. The molecule has 1 aromatic rings. The Balaban J connectivity index is 2.83. The van der Waals surface area contributed by atoms with Gasteiger partial charge in [-0.1, -0.05) is 0 Å². The monoisotopic (exact) mass is 223 g/mol. The molecule has 0 aliphatic rings. The Morgan fingerprint density at radius 1 is 1.80 bits per heavy atom. The Morgan fingerprint density at radius 3 is 2.90 bits per heavy atom. The third-order valence-electron chi connectivity index (χ3n) is 1.10. The summed E-state index contributed by atoms with van der Waals surface area (Å²) in [6, 6.07) is 0. The van der Waals surface area contributed by atoms with E-state index < -0.39 is 0 Å². The SMILES string of the molecule is Nc1cnn(CCCl)c1Br. The molecule has 0 aromatic carbocycles. The van der Waals surface area contributed by atoms with Gasteiger partial charge in [-0.2, -0.15) is 5.10 Å². The maximum absolute atomic E-state index is 5.50. The number of nitrogen functional groups attached to an aromatic ring is 1. The molecule has 0 fully saturated rings. The Bertz CT molecular complexity index is 223. The summed E-state index contributed by atoms with van der Waals surface area (Å²) in [7, 11) is 0. The molecule has 3 nitrogen and oxygen atoms in total. The Hall–Kier alpha value is -0.220. The normalized spacial score (nSPS) is 10.2. The molecule has 1 aromatic heterocycles. The molecular weight excluding hydrogens is 217 g/mol. The van der Waals surface area contributed by atoms with Crippen LogP contribution in [0.25, 0.3) is 0 Å². The lowest BCUT2D eigenvalue weighted by atomic mass is 10.6. The van der Waals surface area contributed by atoms with Gasteiger partial charge >= 0.3 is 0 Å². The number of rotatable bonds is 2. The average Bonchev–Trinajstić information content (AvgIpc) is 2.20. The van der Waals surface area contributed by atoms with E-state index in [2.05, 4.69) is 21.0 Å². The van der Waals surface area contributed by atoms with Crippen LogP contribution >= 0.6 is 27.5 Å². The highest BCUT2D eigenvalue weighted by Gasteiger charge is 2.01. The fourth-order valence-electron chi connectivity index (χ4n) is 0.621. The summed E-state index contributed by atoms with van der Waals surface area (Å²) in [5, 5.41) is 3.97. The quantitative estimate of drug-likeness (QED) is 0.773. The van der Waals surface area contributed by atoms with Gasteiger partial charge in [0.2, 0.25) is 0 Å². The van der Waals surface area contributed by atoms with Crippen molar-refractivity contribution < 1.29 is 0 Å². The van der Waals surface area contributed by atoms with Gasteiger partial charge in [0.05, 0.1) is 18.4 Å². The predicted octanol–water partition coefficient (Wildman–Crippen LogP) is 1.47. The molecule has 1 rings (SSSR count). The molecule has 0 bridgehead atoms. The molecule has 0 saturated heterocycles. The highest BCUT2D eigenvalue weighted by atomic mass is 79.9. The van der Waals surface area contributed by atoms with Crippen LogP contribution in [-0.4, -0.2) is 15.7 Å². The van der Waals surface area contributed by atoms with Crippen LogP contribution in [-0.2, 0) is 6.54 Å². The van der Waals surface area contributed by atoms with Gasteiger partial charge < -0.3 is 5.73 Å². The lowest BCUT2D eigenvalue weighted by Crippen LogP contribution is -2.01. The van der Waals surface area contributed by atoms with E-state index in [1.54, 1.807) is 10.9 Å². The number of anilines is 1. The van der Waals surface area contributed by atoms with Crippen LogP contribution in [0.5, 0.6) is 0 Å². The van der Waals surface area contributed by atoms with Gasteiger partial charge in [-0.3, -0.25) is 4.68 Å². The van der Waals surface area contributed by atoms with Crippen molar-refractivity contribution in [2.45, 2.75) is 6.54 Å². The smallest absolute Gasteiger partial charge is 0.127 e.